The molecule has 5 aromatic rings. The van der Waals surface area contributed by atoms with Crippen LogP contribution in [-0.2, 0) is 0 Å². The quantitative estimate of drug-likeness (QED) is 0.385. The van der Waals surface area contributed by atoms with Gasteiger partial charge in [0, 0.05) is 43.0 Å². The van der Waals surface area contributed by atoms with Crippen molar-refractivity contribution in [2.75, 3.05) is 38.1 Å². The summed E-state index contributed by atoms with van der Waals surface area (Å²) in [6, 6.07) is 31.8. The van der Waals surface area contributed by atoms with E-state index in [0.29, 0.717) is 0 Å². The number of benzene rings is 3. The van der Waals surface area contributed by atoms with E-state index in [2.05, 4.69) is 112 Å². The first-order valence-corrected chi connectivity index (χ1v) is 11.8. The standard InChI is InChI=1S/C29H27N5/c1-33-17-19-34(20-18-33)23-13-11-22(12-14-23)28-29-27(31-32-28)16-15-26(30-29)25-10-6-5-9-24(25)21-7-3-2-4-8-21/h2-16H,17-20H2,1H3,(H,31,32). The third-order valence-electron chi connectivity index (χ3n) is 6.70. The van der Waals surface area contributed by atoms with Crippen LogP contribution in [0.25, 0.3) is 44.7 Å². The number of nitrogens with one attached hydrogen (secondary N) is 1. The first kappa shape index (κ1) is 20.6. The smallest absolute Gasteiger partial charge is 0.118 e. The van der Waals surface area contributed by atoms with Crippen LogP contribution < -0.4 is 4.90 Å². The zero-order chi connectivity index (χ0) is 22.9. The molecule has 6 rings (SSSR count). The highest BCUT2D eigenvalue weighted by Crippen LogP contribution is 2.33. The summed E-state index contributed by atoms with van der Waals surface area (Å²) in [7, 11) is 2.18. The highest BCUT2D eigenvalue weighted by atomic mass is 15.2. The summed E-state index contributed by atoms with van der Waals surface area (Å²) in [6.07, 6.45) is 0. The molecule has 3 aromatic carbocycles. The molecule has 3 heterocycles. The van der Waals surface area contributed by atoms with Gasteiger partial charge in [0.1, 0.15) is 11.2 Å². The third kappa shape index (κ3) is 3.84. The number of hydrogen-bond donors (Lipinski definition) is 1. The lowest BCUT2D eigenvalue weighted by Crippen LogP contribution is -2.44. The first-order chi connectivity index (χ1) is 16.8. The molecule has 0 unspecified atom stereocenters. The Morgan fingerprint density at radius 3 is 2.15 bits per heavy atom. The van der Waals surface area contributed by atoms with E-state index in [9.17, 15) is 0 Å². The zero-order valence-corrected chi connectivity index (χ0v) is 19.3. The van der Waals surface area contributed by atoms with Gasteiger partial charge in [-0.05, 0) is 42.4 Å². The van der Waals surface area contributed by atoms with E-state index >= 15 is 0 Å². The van der Waals surface area contributed by atoms with Crippen molar-refractivity contribution >= 4 is 16.7 Å². The predicted octanol–water partition coefficient (Wildman–Crippen LogP) is 5.71. The second kappa shape index (κ2) is 8.76. The Morgan fingerprint density at radius 2 is 1.38 bits per heavy atom. The second-order valence-electron chi connectivity index (χ2n) is 8.91. The molecule has 0 bridgehead atoms. The molecule has 168 valence electrons. The van der Waals surface area contributed by atoms with Crippen LogP contribution in [0.3, 0.4) is 0 Å². The average Bonchev–Trinajstić information content (AvgIpc) is 3.33. The molecule has 0 saturated carbocycles. The third-order valence-corrected chi connectivity index (χ3v) is 6.70. The van der Waals surface area contributed by atoms with Crippen molar-refractivity contribution < 1.29 is 0 Å². The Kier molecular flexibility index (Phi) is 5.32. The Labute approximate surface area is 199 Å². The van der Waals surface area contributed by atoms with Crippen molar-refractivity contribution in [3.05, 3.63) is 91.0 Å². The molecule has 0 atom stereocenters. The maximum atomic E-state index is 5.08. The van der Waals surface area contributed by atoms with Crippen LogP contribution in [0.4, 0.5) is 5.69 Å². The minimum Gasteiger partial charge on any atom is -0.369 e. The van der Waals surface area contributed by atoms with Crippen molar-refractivity contribution in [2.24, 2.45) is 0 Å². The van der Waals surface area contributed by atoms with E-state index in [1.165, 1.54) is 16.8 Å². The van der Waals surface area contributed by atoms with Crippen LogP contribution in [0, 0.1) is 0 Å². The molecule has 1 aliphatic rings. The van der Waals surface area contributed by atoms with Crippen LogP contribution in [0.15, 0.2) is 91.0 Å². The molecule has 1 fully saturated rings. The molecule has 0 aliphatic carbocycles. The molecule has 0 amide bonds. The molecule has 1 N–H and O–H groups in total. The number of fused-ring (bicyclic) bond motifs is 1. The number of nitrogens with zero attached hydrogens (tertiary/aromatic N) is 4. The molecule has 2 aromatic heterocycles. The predicted molar refractivity (Wildman–Crippen MR) is 140 cm³/mol. The van der Waals surface area contributed by atoms with Gasteiger partial charge in [0.25, 0.3) is 0 Å². The number of piperazine rings is 1. The largest absolute Gasteiger partial charge is 0.369 e. The van der Waals surface area contributed by atoms with E-state index in [1.54, 1.807) is 0 Å². The highest BCUT2D eigenvalue weighted by molar-refractivity contribution is 5.92. The van der Waals surface area contributed by atoms with Gasteiger partial charge in [0.05, 0.1) is 11.2 Å². The molecule has 5 nitrogen and oxygen atoms in total. The molecular formula is C29H27N5. The van der Waals surface area contributed by atoms with Gasteiger partial charge in [0.2, 0.25) is 0 Å². The average molecular weight is 446 g/mol. The Balaban J connectivity index is 1.36. The Bertz CT molecular complexity index is 1410. The van der Waals surface area contributed by atoms with Crippen molar-refractivity contribution in [3.63, 3.8) is 0 Å². The maximum absolute atomic E-state index is 5.08. The number of rotatable bonds is 4. The van der Waals surface area contributed by atoms with Gasteiger partial charge >= 0.3 is 0 Å². The fourth-order valence-electron chi connectivity index (χ4n) is 4.72. The normalized spacial score (nSPS) is 14.6. The summed E-state index contributed by atoms with van der Waals surface area (Å²) in [4.78, 5) is 9.90. The van der Waals surface area contributed by atoms with Gasteiger partial charge in [-0.25, -0.2) is 4.98 Å². The lowest BCUT2D eigenvalue weighted by Gasteiger charge is -2.34. The maximum Gasteiger partial charge on any atom is 0.118 e. The van der Waals surface area contributed by atoms with E-state index < -0.39 is 0 Å². The van der Waals surface area contributed by atoms with Crippen molar-refractivity contribution in [1.29, 1.82) is 0 Å². The lowest BCUT2D eigenvalue weighted by atomic mass is 9.97. The first-order valence-electron chi connectivity index (χ1n) is 11.8. The summed E-state index contributed by atoms with van der Waals surface area (Å²) >= 11 is 0. The molecule has 34 heavy (non-hydrogen) atoms. The summed E-state index contributed by atoms with van der Waals surface area (Å²) in [6.45, 7) is 4.33. The van der Waals surface area contributed by atoms with Gasteiger partial charge in [-0.1, -0.05) is 66.7 Å². The molecule has 1 saturated heterocycles. The van der Waals surface area contributed by atoms with Crippen LogP contribution in [0.2, 0.25) is 0 Å². The van der Waals surface area contributed by atoms with Gasteiger partial charge in [-0.15, -0.1) is 0 Å². The molecular weight excluding hydrogens is 418 g/mol. The molecule has 1 aliphatic heterocycles. The van der Waals surface area contributed by atoms with E-state index in [1.807, 2.05) is 6.07 Å². The van der Waals surface area contributed by atoms with Crippen LogP contribution in [0.1, 0.15) is 0 Å². The topological polar surface area (TPSA) is 48.0 Å². The number of likely N-dealkylation sites (N-methyl/N-ethyl adjacent to an activating group) is 1. The Morgan fingerprint density at radius 1 is 0.676 bits per heavy atom. The molecule has 5 heteroatoms. The molecule has 0 spiro atoms. The number of aromatic nitrogens is 3. The van der Waals surface area contributed by atoms with Crippen molar-refractivity contribution in [1.82, 2.24) is 20.1 Å². The zero-order valence-electron chi connectivity index (χ0n) is 19.3. The number of anilines is 1. The van der Waals surface area contributed by atoms with Gasteiger partial charge in [0.15, 0.2) is 0 Å². The SMILES string of the molecule is CN1CCN(c2ccc(-c3n[nH]c4ccc(-c5ccccc5-c5ccccc5)nc34)cc2)CC1. The van der Waals surface area contributed by atoms with Crippen molar-refractivity contribution in [3.8, 4) is 33.6 Å². The van der Waals surface area contributed by atoms with E-state index in [-0.39, 0.29) is 0 Å². The number of aromatic amines is 1. The Hall–Kier alpha value is -3.96. The number of pyridine rings is 1. The van der Waals surface area contributed by atoms with Crippen LogP contribution in [0.5, 0.6) is 0 Å². The van der Waals surface area contributed by atoms with Gasteiger partial charge in [-0.2, -0.15) is 5.10 Å². The highest BCUT2D eigenvalue weighted by Gasteiger charge is 2.16. The minimum atomic E-state index is 0.888. The summed E-state index contributed by atoms with van der Waals surface area (Å²) in [5.74, 6) is 0. The fourth-order valence-corrected chi connectivity index (χ4v) is 4.72. The van der Waals surface area contributed by atoms with Gasteiger partial charge < -0.3 is 9.80 Å². The second-order valence-corrected chi connectivity index (χ2v) is 8.91. The summed E-state index contributed by atoms with van der Waals surface area (Å²) in [5.41, 5.74) is 9.50. The van der Waals surface area contributed by atoms with Crippen LogP contribution >= 0.6 is 0 Å². The summed E-state index contributed by atoms with van der Waals surface area (Å²) in [5, 5.41) is 7.79. The number of hydrogen-bond acceptors (Lipinski definition) is 4. The van der Waals surface area contributed by atoms with Crippen LogP contribution in [-0.4, -0.2) is 53.3 Å². The molecule has 0 radical (unpaired) electrons. The monoisotopic (exact) mass is 445 g/mol. The van der Waals surface area contributed by atoms with E-state index in [0.717, 1.165) is 59.7 Å². The summed E-state index contributed by atoms with van der Waals surface area (Å²) < 4.78 is 0. The number of H-pyrrole nitrogens is 1. The van der Waals surface area contributed by atoms with Crippen molar-refractivity contribution in [2.45, 2.75) is 0 Å². The van der Waals surface area contributed by atoms with Gasteiger partial charge in [-0.3, -0.25) is 5.10 Å². The van der Waals surface area contributed by atoms with E-state index in [4.69, 9.17) is 4.98 Å². The minimum absolute atomic E-state index is 0.888. The lowest BCUT2D eigenvalue weighted by molar-refractivity contribution is 0.313. The fraction of sp³-hybridized carbons (Fsp3) is 0.172.